The number of imidazole rings is 1. The van der Waals surface area contributed by atoms with Crippen molar-refractivity contribution >= 4 is 39.5 Å². The topological polar surface area (TPSA) is 120 Å². The van der Waals surface area contributed by atoms with E-state index in [1.165, 1.54) is 11.8 Å². The summed E-state index contributed by atoms with van der Waals surface area (Å²) < 4.78 is 13.8. The monoisotopic (exact) mass is 575 g/mol. The molecule has 10 nitrogen and oxygen atoms in total. The van der Waals surface area contributed by atoms with E-state index in [4.69, 9.17) is 20.2 Å². The predicted octanol–water partition coefficient (Wildman–Crippen LogP) is 4.61. The number of ether oxygens (including phenoxy) is 2. The van der Waals surface area contributed by atoms with Crippen molar-refractivity contribution in [2.75, 3.05) is 25.6 Å². The van der Waals surface area contributed by atoms with Crippen LogP contribution >= 0.6 is 27.7 Å². The molecule has 192 valence electrons. The van der Waals surface area contributed by atoms with Crippen molar-refractivity contribution in [2.45, 2.75) is 62.2 Å². The molecule has 1 saturated heterocycles. The van der Waals surface area contributed by atoms with Crippen LogP contribution in [0.3, 0.4) is 0 Å². The Morgan fingerprint density at radius 2 is 2.06 bits per heavy atom. The number of urea groups is 1. The van der Waals surface area contributed by atoms with E-state index < -0.39 is 0 Å². The first-order chi connectivity index (χ1) is 17.2. The van der Waals surface area contributed by atoms with Crippen molar-refractivity contribution in [1.82, 2.24) is 29.7 Å². The maximum atomic E-state index is 12.6. The highest BCUT2D eigenvalue weighted by Gasteiger charge is 2.27. The molecule has 0 radical (unpaired) electrons. The zero-order valence-electron chi connectivity index (χ0n) is 20.6. The second-order valence-corrected chi connectivity index (χ2v) is 12.0. The number of benzene rings is 1. The van der Waals surface area contributed by atoms with Gasteiger partial charge in [-0.25, -0.2) is 19.7 Å². The number of amides is 2. The molecule has 36 heavy (non-hydrogen) atoms. The van der Waals surface area contributed by atoms with Crippen LogP contribution in [0.5, 0.6) is 11.5 Å². The van der Waals surface area contributed by atoms with Crippen molar-refractivity contribution in [3.05, 3.63) is 22.9 Å². The summed E-state index contributed by atoms with van der Waals surface area (Å²) >= 11 is 5.02. The highest BCUT2D eigenvalue weighted by molar-refractivity contribution is 9.10. The molecule has 0 aliphatic carbocycles. The number of hydrogen-bond donors (Lipinski definition) is 2. The Balaban J connectivity index is 1.28. The molecule has 1 aromatic rings. The molecule has 3 N–H and O–H groups in total. The second kappa shape index (κ2) is 9.97. The minimum atomic E-state index is -0.247. The first-order valence-electron chi connectivity index (χ1n) is 12.0. The molecule has 5 rings (SSSR count). The lowest BCUT2D eigenvalue weighted by Gasteiger charge is -2.35. The standard InChI is InChI=1S/C24H30BrN7O3S/c1-24(2,3)30-23(33)31-7-4-5-14(11-31)6-8-32-12-27-20(26)19-21(32)29-22(28-19)36-18-10-17-16(9-15(18)25)34-13-35-17/h9-10,12,14H,4-8,11,13,26H2,1-3H3,(H,30,33). The van der Waals surface area contributed by atoms with Gasteiger partial charge in [-0.2, -0.15) is 0 Å². The van der Waals surface area contributed by atoms with Crippen molar-refractivity contribution < 1.29 is 14.3 Å². The minimum Gasteiger partial charge on any atom is -0.454 e. The molecule has 4 aliphatic heterocycles. The summed E-state index contributed by atoms with van der Waals surface area (Å²) in [5.41, 5.74) is 6.49. The zero-order valence-corrected chi connectivity index (χ0v) is 23.0. The number of aryl methyl sites for hydroxylation is 1. The molecule has 4 heterocycles. The normalized spacial score (nSPS) is 17.6. The summed E-state index contributed by atoms with van der Waals surface area (Å²) in [5.74, 6) is 2.88. The van der Waals surface area contributed by atoms with Crippen molar-refractivity contribution in [2.24, 2.45) is 5.92 Å². The number of nitrogen functional groups attached to an aromatic ring is 1. The third-order valence-corrected chi connectivity index (χ3v) is 8.01. The number of nitrogens with two attached hydrogens (primary N) is 1. The van der Waals surface area contributed by atoms with Gasteiger partial charge in [-0.15, -0.1) is 0 Å². The average molecular weight is 577 g/mol. The number of likely N-dealkylation sites (tertiary alicyclic amines) is 1. The highest BCUT2D eigenvalue weighted by Crippen LogP contribution is 2.43. The Labute approximate surface area is 222 Å². The number of nitrogens with zero attached hydrogens (tertiary/aromatic N) is 5. The van der Waals surface area contributed by atoms with Crippen molar-refractivity contribution in [3.63, 3.8) is 0 Å². The number of halogens is 1. The number of carbonyl (C=O) groups excluding carboxylic acids is 1. The second-order valence-electron chi connectivity index (χ2n) is 10.2. The molecule has 1 unspecified atom stereocenters. The SMILES string of the molecule is CC(C)(C)NC(=O)N1CCCC(CCn2cnc(N)c3nc(Sc4cc5c(cc4Br)OCO5)nc2-3)C1. The smallest absolute Gasteiger partial charge is 0.317 e. The maximum Gasteiger partial charge on any atom is 0.317 e. The van der Waals surface area contributed by atoms with E-state index in [2.05, 4.69) is 31.2 Å². The molecule has 2 amide bonds. The summed E-state index contributed by atoms with van der Waals surface area (Å²) in [6.07, 6.45) is 4.74. The molecule has 0 aromatic heterocycles. The van der Waals surface area contributed by atoms with Crippen LogP contribution in [0.1, 0.15) is 40.0 Å². The number of piperidine rings is 1. The molecular weight excluding hydrogens is 546 g/mol. The summed E-state index contributed by atoms with van der Waals surface area (Å²) in [4.78, 5) is 29.3. The highest BCUT2D eigenvalue weighted by atomic mass is 79.9. The predicted molar refractivity (Wildman–Crippen MR) is 140 cm³/mol. The van der Waals surface area contributed by atoms with Gasteiger partial charge in [-0.05, 0) is 85.8 Å². The van der Waals surface area contributed by atoms with Gasteiger partial charge in [-0.3, -0.25) is 0 Å². The van der Waals surface area contributed by atoms with Crippen LogP contribution in [0, 0.1) is 5.92 Å². The van der Waals surface area contributed by atoms with Crippen LogP contribution in [0.15, 0.2) is 33.0 Å². The Morgan fingerprint density at radius 3 is 2.83 bits per heavy atom. The van der Waals surface area contributed by atoms with Gasteiger partial charge >= 0.3 is 6.03 Å². The third kappa shape index (κ3) is 5.49. The number of fused-ring (bicyclic) bond motifs is 2. The number of nitrogens with one attached hydrogen (secondary N) is 1. The van der Waals surface area contributed by atoms with Gasteiger partial charge in [0.15, 0.2) is 34.0 Å². The Hall–Kier alpha value is -2.73. The molecule has 4 aliphatic rings. The zero-order chi connectivity index (χ0) is 25.4. The molecule has 1 aromatic carbocycles. The Bertz CT molecular complexity index is 1250. The van der Waals surface area contributed by atoms with Gasteiger partial charge < -0.3 is 30.0 Å². The fourth-order valence-electron chi connectivity index (χ4n) is 4.43. The van der Waals surface area contributed by atoms with E-state index in [-0.39, 0.29) is 18.4 Å². The third-order valence-electron chi connectivity index (χ3n) is 6.17. The maximum absolute atomic E-state index is 12.6. The van der Waals surface area contributed by atoms with Crippen LogP contribution in [-0.4, -0.2) is 55.9 Å². The van der Waals surface area contributed by atoms with Crippen LogP contribution in [0.4, 0.5) is 10.6 Å². The Kier molecular flexibility index (Phi) is 6.90. The van der Waals surface area contributed by atoms with Gasteiger partial charge in [0.25, 0.3) is 0 Å². The first kappa shape index (κ1) is 24.9. The lowest BCUT2D eigenvalue weighted by Crippen LogP contribution is -2.51. The van der Waals surface area contributed by atoms with E-state index in [1.54, 1.807) is 6.33 Å². The van der Waals surface area contributed by atoms with Crippen LogP contribution in [0.2, 0.25) is 0 Å². The molecule has 0 saturated carbocycles. The van der Waals surface area contributed by atoms with E-state index in [9.17, 15) is 4.79 Å². The molecular formula is C24H30BrN7O3S. The van der Waals surface area contributed by atoms with Crippen molar-refractivity contribution in [1.29, 1.82) is 0 Å². The first-order valence-corrected chi connectivity index (χ1v) is 13.6. The van der Waals surface area contributed by atoms with E-state index in [1.807, 2.05) is 42.4 Å². The summed E-state index contributed by atoms with van der Waals surface area (Å²) in [7, 11) is 0. The van der Waals surface area contributed by atoms with Crippen LogP contribution in [0.25, 0.3) is 11.5 Å². The van der Waals surface area contributed by atoms with Gasteiger partial charge in [0, 0.05) is 34.5 Å². The molecule has 0 spiro atoms. The van der Waals surface area contributed by atoms with Gasteiger partial charge in [-0.1, -0.05) is 0 Å². The van der Waals surface area contributed by atoms with Crippen molar-refractivity contribution in [3.8, 4) is 23.0 Å². The van der Waals surface area contributed by atoms with Crippen LogP contribution < -0.4 is 20.5 Å². The average Bonchev–Trinajstić information content (AvgIpc) is 3.45. The Morgan fingerprint density at radius 1 is 1.28 bits per heavy atom. The molecule has 0 bridgehead atoms. The van der Waals surface area contributed by atoms with Gasteiger partial charge in [0.05, 0.1) is 6.33 Å². The van der Waals surface area contributed by atoms with Crippen LogP contribution in [-0.2, 0) is 6.54 Å². The number of rotatable bonds is 5. The van der Waals surface area contributed by atoms with E-state index >= 15 is 0 Å². The summed E-state index contributed by atoms with van der Waals surface area (Å²) in [6.45, 7) is 8.49. The molecule has 1 atom stereocenters. The van der Waals surface area contributed by atoms with Gasteiger partial charge in [0.2, 0.25) is 6.79 Å². The fraction of sp³-hybridized carbons (Fsp3) is 0.500. The number of aromatic nitrogens is 4. The van der Waals surface area contributed by atoms with E-state index in [0.29, 0.717) is 39.9 Å². The lowest BCUT2D eigenvalue weighted by atomic mass is 9.95. The number of anilines is 1. The molecule has 12 heteroatoms. The quantitative estimate of drug-likeness (QED) is 0.452. The number of hydrogen-bond acceptors (Lipinski definition) is 8. The van der Waals surface area contributed by atoms with Gasteiger partial charge in [0.1, 0.15) is 0 Å². The summed E-state index contributed by atoms with van der Waals surface area (Å²) in [5, 5.41) is 3.66. The number of carbonyl (C=O) groups is 1. The lowest BCUT2D eigenvalue weighted by molar-refractivity contribution is 0.154. The van der Waals surface area contributed by atoms with E-state index in [0.717, 1.165) is 48.3 Å². The fourth-order valence-corrected chi connectivity index (χ4v) is 5.78. The summed E-state index contributed by atoms with van der Waals surface area (Å²) in [6, 6.07) is 3.81. The largest absolute Gasteiger partial charge is 0.454 e. The minimum absolute atomic E-state index is 0.00893. The molecule has 1 fully saturated rings.